The van der Waals surface area contributed by atoms with Gasteiger partial charge in [0.25, 0.3) is 11.8 Å². The van der Waals surface area contributed by atoms with E-state index in [1.807, 2.05) is 6.07 Å². The van der Waals surface area contributed by atoms with Crippen LogP contribution in [0.4, 0.5) is 5.69 Å². The van der Waals surface area contributed by atoms with E-state index in [1.165, 1.54) is 28.4 Å². The van der Waals surface area contributed by atoms with Crippen LogP contribution >= 0.6 is 11.3 Å². The highest BCUT2D eigenvalue weighted by Gasteiger charge is 2.27. The molecule has 3 heterocycles. The molecule has 0 atom stereocenters. The highest BCUT2D eigenvalue weighted by atomic mass is 32.1. The Morgan fingerprint density at radius 1 is 1.40 bits per heavy atom. The molecular formula is C16H12N4O4S. The van der Waals surface area contributed by atoms with Crippen molar-refractivity contribution in [2.75, 3.05) is 11.5 Å². The molecule has 25 heavy (non-hydrogen) atoms. The number of nitrogens with zero attached hydrogens (tertiary/aromatic N) is 3. The predicted octanol–water partition coefficient (Wildman–Crippen LogP) is 1.74. The van der Waals surface area contributed by atoms with Gasteiger partial charge in [0.2, 0.25) is 0 Å². The van der Waals surface area contributed by atoms with E-state index in [1.54, 1.807) is 23.8 Å². The van der Waals surface area contributed by atoms with Crippen molar-refractivity contribution in [3.05, 3.63) is 47.1 Å². The van der Waals surface area contributed by atoms with Crippen molar-refractivity contribution in [2.24, 2.45) is 0 Å². The van der Waals surface area contributed by atoms with E-state index < -0.39 is 5.91 Å². The summed E-state index contributed by atoms with van der Waals surface area (Å²) in [5.41, 5.74) is 3.04. The fourth-order valence-corrected chi connectivity index (χ4v) is 3.49. The third kappa shape index (κ3) is 2.79. The molecule has 126 valence electrons. The number of anilines is 1. The quantitative estimate of drug-likeness (QED) is 0.547. The Balaban J connectivity index is 1.71. The van der Waals surface area contributed by atoms with Gasteiger partial charge in [-0.25, -0.2) is 15.4 Å². The van der Waals surface area contributed by atoms with Crippen LogP contribution in [0.3, 0.4) is 0 Å². The molecule has 0 saturated carbocycles. The van der Waals surface area contributed by atoms with E-state index in [0.29, 0.717) is 11.4 Å². The van der Waals surface area contributed by atoms with Gasteiger partial charge in [-0.05, 0) is 30.3 Å². The van der Waals surface area contributed by atoms with Crippen molar-refractivity contribution in [2.45, 2.75) is 6.54 Å². The van der Waals surface area contributed by atoms with Gasteiger partial charge in [-0.2, -0.15) is 0 Å². The standard InChI is InChI=1S/C16H12N4O4S/c21-14-8-24-12-4-3-9(15(22)19-23)6-11(12)20(14)7-13-18-10-2-1-5-17-16(10)25-13/h1-6,23H,7-8H2,(H,19,22). The van der Waals surface area contributed by atoms with Gasteiger partial charge in [0, 0.05) is 11.8 Å². The number of rotatable bonds is 3. The summed E-state index contributed by atoms with van der Waals surface area (Å²) < 4.78 is 5.42. The Morgan fingerprint density at radius 2 is 2.28 bits per heavy atom. The second-order valence-electron chi connectivity index (χ2n) is 5.33. The van der Waals surface area contributed by atoms with Crippen molar-refractivity contribution >= 4 is 39.2 Å². The zero-order valence-electron chi connectivity index (χ0n) is 12.8. The molecule has 1 aliphatic heterocycles. The summed E-state index contributed by atoms with van der Waals surface area (Å²) in [6.45, 7) is 0.169. The van der Waals surface area contributed by atoms with Crippen molar-refractivity contribution in [3.63, 3.8) is 0 Å². The molecule has 0 bridgehead atoms. The number of hydrogen-bond acceptors (Lipinski definition) is 7. The van der Waals surface area contributed by atoms with Gasteiger partial charge in [-0.1, -0.05) is 11.3 Å². The molecule has 9 heteroatoms. The number of benzene rings is 1. The van der Waals surface area contributed by atoms with Crippen molar-refractivity contribution in [3.8, 4) is 5.75 Å². The van der Waals surface area contributed by atoms with Crippen LogP contribution in [0, 0.1) is 0 Å². The molecule has 1 aromatic carbocycles. The Morgan fingerprint density at radius 3 is 3.08 bits per heavy atom. The minimum atomic E-state index is -0.662. The van der Waals surface area contributed by atoms with Gasteiger partial charge < -0.3 is 4.74 Å². The number of amides is 2. The van der Waals surface area contributed by atoms with Crippen LogP contribution in [0.1, 0.15) is 15.4 Å². The van der Waals surface area contributed by atoms with Crippen LogP contribution in [0.5, 0.6) is 5.75 Å². The molecule has 0 saturated heterocycles. The van der Waals surface area contributed by atoms with Gasteiger partial charge >= 0.3 is 0 Å². The van der Waals surface area contributed by atoms with Crippen molar-refractivity contribution in [1.29, 1.82) is 0 Å². The fourth-order valence-electron chi connectivity index (χ4n) is 2.60. The van der Waals surface area contributed by atoms with Gasteiger partial charge in [-0.15, -0.1) is 0 Å². The van der Waals surface area contributed by atoms with Crippen LogP contribution in [0.25, 0.3) is 10.3 Å². The third-order valence-corrected chi connectivity index (χ3v) is 4.73. The Bertz CT molecular complexity index is 954. The average Bonchev–Trinajstić information content (AvgIpc) is 3.05. The van der Waals surface area contributed by atoms with Gasteiger partial charge in [0.15, 0.2) is 6.61 Å². The maximum absolute atomic E-state index is 12.3. The minimum absolute atomic E-state index is 0.0817. The summed E-state index contributed by atoms with van der Waals surface area (Å²) in [5.74, 6) is -0.403. The maximum Gasteiger partial charge on any atom is 0.274 e. The number of carbonyl (C=O) groups excluding carboxylic acids is 2. The van der Waals surface area contributed by atoms with Crippen molar-refractivity contribution < 1.29 is 19.5 Å². The third-order valence-electron chi connectivity index (χ3n) is 3.77. The SMILES string of the molecule is O=C(NO)c1ccc2c(c1)N(Cc1nc3cccnc3s1)C(=O)CO2. The van der Waals surface area contributed by atoms with E-state index in [0.717, 1.165) is 15.4 Å². The number of nitrogens with one attached hydrogen (secondary N) is 1. The summed E-state index contributed by atoms with van der Waals surface area (Å²) in [7, 11) is 0. The largest absolute Gasteiger partial charge is 0.482 e. The second-order valence-corrected chi connectivity index (χ2v) is 6.39. The van der Waals surface area contributed by atoms with E-state index >= 15 is 0 Å². The number of hydrogen-bond donors (Lipinski definition) is 2. The molecule has 0 spiro atoms. The van der Waals surface area contributed by atoms with E-state index in [4.69, 9.17) is 9.94 Å². The monoisotopic (exact) mass is 356 g/mol. The number of carbonyl (C=O) groups is 2. The molecule has 2 aromatic heterocycles. The summed E-state index contributed by atoms with van der Waals surface area (Å²) in [6.07, 6.45) is 1.69. The minimum Gasteiger partial charge on any atom is -0.482 e. The molecule has 1 aliphatic rings. The number of thiazole rings is 1. The van der Waals surface area contributed by atoms with Crippen LogP contribution in [-0.2, 0) is 11.3 Å². The Kier molecular flexibility index (Phi) is 3.79. The highest BCUT2D eigenvalue weighted by molar-refractivity contribution is 7.18. The fraction of sp³-hybridized carbons (Fsp3) is 0.125. The van der Waals surface area contributed by atoms with Crippen LogP contribution in [0.2, 0.25) is 0 Å². The maximum atomic E-state index is 12.3. The number of fused-ring (bicyclic) bond motifs is 2. The van der Waals surface area contributed by atoms with Gasteiger partial charge in [0.05, 0.1) is 12.2 Å². The summed E-state index contributed by atoms with van der Waals surface area (Å²) in [5, 5.41) is 9.53. The molecule has 2 amide bonds. The number of hydroxylamine groups is 1. The molecule has 0 fully saturated rings. The molecule has 0 radical (unpaired) electrons. The van der Waals surface area contributed by atoms with Gasteiger partial charge in [0.1, 0.15) is 21.1 Å². The van der Waals surface area contributed by atoms with Crippen molar-refractivity contribution in [1.82, 2.24) is 15.4 Å². The van der Waals surface area contributed by atoms with E-state index in [-0.39, 0.29) is 24.6 Å². The van der Waals surface area contributed by atoms with E-state index in [9.17, 15) is 9.59 Å². The first-order valence-corrected chi connectivity index (χ1v) is 8.19. The number of ether oxygens (including phenoxy) is 1. The highest BCUT2D eigenvalue weighted by Crippen LogP contribution is 2.34. The van der Waals surface area contributed by atoms with Crippen LogP contribution < -0.4 is 15.1 Å². The number of aromatic nitrogens is 2. The molecule has 2 N–H and O–H groups in total. The topological polar surface area (TPSA) is 105 Å². The normalized spacial score (nSPS) is 13.5. The molecule has 0 aliphatic carbocycles. The van der Waals surface area contributed by atoms with Crippen LogP contribution in [0.15, 0.2) is 36.5 Å². The zero-order valence-corrected chi connectivity index (χ0v) is 13.6. The zero-order chi connectivity index (χ0) is 17.4. The van der Waals surface area contributed by atoms with E-state index in [2.05, 4.69) is 9.97 Å². The lowest BCUT2D eigenvalue weighted by molar-refractivity contribution is -0.121. The Labute approximate surface area is 145 Å². The summed E-state index contributed by atoms with van der Waals surface area (Å²) in [4.78, 5) is 35.0. The average molecular weight is 356 g/mol. The molecule has 4 rings (SSSR count). The first-order chi connectivity index (χ1) is 12.2. The molecule has 8 nitrogen and oxygen atoms in total. The summed E-state index contributed by atoms with van der Waals surface area (Å²) >= 11 is 1.41. The first kappa shape index (κ1) is 15.5. The lowest BCUT2D eigenvalue weighted by atomic mass is 10.1. The predicted molar refractivity (Wildman–Crippen MR) is 89.8 cm³/mol. The smallest absolute Gasteiger partial charge is 0.274 e. The second kappa shape index (κ2) is 6.11. The summed E-state index contributed by atoms with van der Waals surface area (Å²) in [6, 6.07) is 8.28. The molecular weight excluding hydrogens is 344 g/mol. The Hall–Kier alpha value is -3.04. The lowest BCUT2D eigenvalue weighted by Crippen LogP contribution is -2.38. The first-order valence-electron chi connectivity index (χ1n) is 7.38. The van der Waals surface area contributed by atoms with Gasteiger partial charge in [-0.3, -0.25) is 19.7 Å². The molecule has 0 unspecified atom stereocenters. The van der Waals surface area contributed by atoms with Crippen LogP contribution in [-0.4, -0.2) is 33.6 Å². The number of pyridine rings is 1. The lowest BCUT2D eigenvalue weighted by Gasteiger charge is -2.29. The molecule has 3 aromatic rings.